The van der Waals surface area contributed by atoms with Crippen LogP contribution in [0.3, 0.4) is 0 Å². The van der Waals surface area contributed by atoms with Crippen LogP contribution in [0.2, 0.25) is 0 Å². The predicted octanol–water partition coefficient (Wildman–Crippen LogP) is 3.03. The smallest absolute Gasteiger partial charge is 0.221 e. The van der Waals surface area contributed by atoms with Crippen molar-refractivity contribution in [2.24, 2.45) is 5.92 Å². The lowest BCUT2D eigenvalue weighted by Crippen LogP contribution is -2.36. The number of aromatic nitrogens is 2. The lowest BCUT2D eigenvalue weighted by molar-refractivity contribution is 0.323. The van der Waals surface area contributed by atoms with Gasteiger partial charge in [-0.05, 0) is 39.5 Å². The van der Waals surface area contributed by atoms with Gasteiger partial charge < -0.3 is 9.64 Å². The molecule has 1 aromatic heterocycles. The Kier molecular flexibility index (Phi) is 4.86. The van der Waals surface area contributed by atoms with Crippen LogP contribution < -0.4 is 9.64 Å². The zero-order valence-electron chi connectivity index (χ0n) is 11.9. The first-order valence-corrected chi connectivity index (χ1v) is 7.40. The molecule has 0 amide bonds. The van der Waals surface area contributed by atoms with E-state index in [4.69, 9.17) is 16.3 Å². The number of piperidine rings is 1. The Labute approximate surface area is 120 Å². The lowest BCUT2D eigenvalue weighted by atomic mass is 9.94. The molecule has 0 bridgehead atoms. The average Bonchev–Trinajstić information content (AvgIpc) is 2.41. The van der Waals surface area contributed by atoms with E-state index in [1.807, 2.05) is 13.8 Å². The van der Waals surface area contributed by atoms with E-state index >= 15 is 0 Å². The van der Waals surface area contributed by atoms with Gasteiger partial charge in [-0.25, -0.2) is 9.97 Å². The highest BCUT2D eigenvalue weighted by Gasteiger charge is 2.24. The molecule has 1 fully saturated rings. The first-order valence-electron chi connectivity index (χ1n) is 6.96. The zero-order valence-corrected chi connectivity index (χ0v) is 12.7. The van der Waals surface area contributed by atoms with Gasteiger partial charge in [0.25, 0.3) is 0 Å². The average molecular weight is 284 g/mol. The molecule has 1 aliphatic heterocycles. The van der Waals surface area contributed by atoms with E-state index in [1.165, 1.54) is 0 Å². The Morgan fingerprint density at radius 2 is 2.11 bits per heavy atom. The molecule has 1 unspecified atom stereocenters. The number of anilines is 1. The van der Waals surface area contributed by atoms with Crippen LogP contribution in [0.5, 0.6) is 5.88 Å². The van der Waals surface area contributed by atoms with Gasteiger partial charge in [-0.3, -0.25) is 0 Å². The van der Waals surface area contributed by atoms with E-state index in [-0.39, 0.29) is 5.38 Å². The van der Waals surface area contributed by atoms with Gasteiger partial charge in [0.2, 0.25) is 5.88 Å². The third kappa shape index (κ3) is 3.30. The summed E-state index contributed by atoms with van der Waals surface area (Å²) in [5, 5.41) is 0.257. The molecule has 5 heteroatoms. The third-order valence-corrected chi connectivity index (χ3v) is 4.14. The summed E-state index contributed by atoms with van der Waals surface area (Å²) < 4.78 is 5.53. The minimum absolute atomic E-state index is 0.257. The van der Waals surface area contributed by atoms with E-state index in [1.54, 1.807) is 6.33 Å². The summed E-state index contributed by atoms with van der Waals surface area (Å²) in [4.78, 5) is 10.9. The normalized spacial score (nSPS) is 18.4. The van der Waals surface area contributed by atoms with Crippen molar-refractivity contribution in [3.05, 3.63) is 11.9 Å². The Morgan fingerprint density at radius 3 is 2.68 bits per heavy atom. The highest BCUT2D eigenvalue weighted by Crippen LogP contribution is 2.30. The maximum Gasteiger partial charge on any atom is 0.221 e. The van der Waals surface area contributed by atoms with Crippen molar-refractivity contribution in [2.45, 2.75) is 39.0 Å². The number of ether oxygens (including phenoxy) is 1. The van der Waals surface area contributed by atoms with Crippen molar-refractivity contribution in [1.82, 2.24) is 9.97 Å². The molecule has 19 heavy (non-hydrogen) atoms. The molecular weight excluding hydrogens is 262 g/mol. The van der Waals surface area contributed by atoms with E-state index in [2.05, 4.69) is 21.8 Å². The molecule has 0 N–H and O–H groups in total. The number of hydrogen-bond donors (Lipinski definition) is 0. The molecule has 1 atom stereocenters. The second-order valence-electron chi connectivity index (χ2n) is 5.06. The first kappa shape index (κ1) is 14.4. The lowest BCUT2D eigenvalue weighted by Gasteiger charge is -2.34. The van der Waals surface area contributed by atoms with Crippen LogP contribution in [0.25, 0.3) is 0 Å². The minimum atomic E-state index is 0.257. The predicted molar refractivity (Wildman–Crippen MR) is 78.2 cm³/mol. The topological polar surface area (TPSA) is 38.3 Å². The number of hydrogen-bond acceptors (Lipinski definition) is 4. The Hall–Kier alpha value is -1.03. The number of alkyl halides is 1. The summed E-state index contributed by atoms with van der Waals surface area (Å²) in [5.74, 6) is 2.31. The maximum absolute atomic E-state index is 6.18. The van der Waals surface area contributed by atoms with Crippen LogP contribution >= 0.6 is 11.6 Å². The van der Waals surface area contributed by atoms with Gasteiger partial charge in [0.15, 0.2) is 0 Å². The van der Waals surface area contributed by atoms with Gasteiger partial charge in [-0.15, -0.1) is 11.6 Å². The molecule has 1 aromatic rings. The van der Waals surface area contributed by atoms with Crippen molar-refractivity contribution >= 4 is 17.4 Å². The second-order valence-corrected chi connectivity index (χ2v) is 5.75. The van der Waals surface area contributed by atoms with Crippen molar-refractivity contribution < 1.29 is 4.74 Å². The number of nitrogens with zero attached hydrogens (tertiary/aromatic N) is 3. The Morgan fingerprint density at radius 1 is 1.42 bits per heavy atom. The van der Waals surface area contributed by atoms with Gasteiger partial charge in [-0.2, -0.15) is 0 Å². The van der Waals surface area contributed by atoms with Crippen molar-refractivity contribution in [2.75, 3.05) is 24.6 Å². The molecule has 0 aliphatic carbocycles. The Bertz CT molecular complexity index is 417. The molecule has 106 valence electrons. The van der Waals surface area contributed by atoms with Crippen molar-refractivity contribution in [1.29, 1.82) is 0 Å². The molecule has 2 rings (SSSR count). The van der Waals surface area contributed by atoms with E-state index in [9.17, 15) is 0 Å². The van der Waals surface area contributed by atoms with Crippen LogP contribution in [0.15, 0.2) is 6.33 Å². The quantitative estimate of drug-likeness (QED) is 0.796. The summed E-state index contributed by atoms with van der Waals surface area (Å²) in [6, 6.07) is 0. The fourth-order valence-electron chi connectivity index (χ4n) is 2.60. The zero-order chi connectivity index (χ0) is 13.8. The molecule has 0 aromatic carbocycles. The Balaban J connectivity index is 2.09. The summed E-state index contributed by atoms with van der Waals surface area (Å²) in [7, 11) is 0. The molecule has 0 spiro atoms. The van der Waals surface area contributed by atoms with Gasteiger partial charge in [0.05, 0.1) is 12.2 Å². The largest absolute Gasteiger partial charge is 0.478 e. The monoisotopic (exact) mass is 283 g/mol. The number of rotatable bonds is 4. The second kappa shape index (κ2) is 6.42. The van der Waals surface area contributed by atoms with Crippen LogP contribution in [0.1, 0.15) is 32.3 Å². The molecule has 0 saturated carbocycles. The van der Waals surface area contributed by atoms with Gasteiger partial charge >= 0.3 is 0 Å². The van der Waals surface area contributed by atoms with Crippen LogP contribution in [-0.2, 0) is 0 Å². The van der Waals surface area contributed by atoms with Crippen molar-refractivity contribution in [3.63, 3.8) is 0 Å². The van der Waals surface area contributed by atoms with Crippen LogP contribution in [0, 0.1) is 12.8 Å². The van der Waals surface area contributed by atoms with Gasteiger partial charge in [0, 0.05) is 18.5 Å². The third-order valence-electron chi connectivity index (χ3n) is 3.78. The molecule has 4 nitrogen and oxygen atoms in total. The summed E-state index contributed by atoms with van der Waals surface area (Å²) in [5.41, 5.74) is 1.03. The van der Waals surface area contributed by atoms with E-state index < -0.39 is 0 Å². The molecular formula is C14H22ClN3O. The van der Waals surface area contributed by atoms with Crippen LogP contribution in [0.4, 0.5) is 5.82 Å². The molecule has 2 heterocycles. The van der Waals surface area contributed by atoms with Crippen LogP contribution in [-0.4, -0.2) is 35.0 Å². The highest BCUT2D eigenvalue weighted by atomic mass is 35.5. The summed E-state index contributed by atoms with van der Waals surface area (Å²) >= 11 is 6.18. The van der Waals surface area contributed by atoms with E-state index in [0.29, 0.717) is 18.4 Å². The van der Waals surface area contributed by atoms with Gasteiger partial charge in [0.1, 0.15) is 12.1 Å². The standard InChI is InChI=1S/C14H22ClN3O/c1-4-19-14-10(2)13(16-9-17-14)18-7-5-12(6-8-18)11(3)15/h9,11-12H,4-8H2,1-3H3. The minimum Gasteiger partial charge on any atom is -0.478 e. The summed E-state index contributed by atoms with van der Waals surface area (Å²) in [6.07, 6.45) is 3.83. The van der Waals surface area contributed by atoms with Gasteiger partial charge in [-0.1, -0.05) is 0 Å². The molecule has 0 radical (unpaired) electrons. The first-order chi connectivity index (χ1) is 9.13. The molecule has 1 aliphatic rings. The highest BCUT2D eigenvalue weighted by molar-refractivity contribution is 6.20. The maximum atomic E-state index is 6.18. The van der Waals surface area contributed by atoms with Crippen molar-refractivity contribution in [3.8, 4) is 5.88 Å². The summed E-state index contributed by atoms with van der Waals surface area (Å²) in [6.45, 7) is 8.72. The van der Waals surface area contributed by atoms with E-state index in [0.717, 1.165) is 37.3 Å². The SMILES string of the molecule is CCOc1ncnc(N2CCC(C(C)Cl)CC2)c1C. The number of halogens is 1. The molecule has 1 saturated heterocycles. The fraction of sp³-hybridized carbons (Fsp3) is 0.714. The fourth-order valence-corrected chi connectivity index (χ4v) is 2.85.